The number of rotatable bonds is 2. The van der Waals surface area contributed by atoms with Crippen LogP contribution in [-0.2, 0) is 0 Å². The van der Waals surface area contributed by atoms with Crippen LogP contribution in [0.15, 0.2) is 36.8 Å². The summed E-state index contributed by atoms with van der Waals surface area (Å²) in [6, 6.07) is 4.98. The van der Waals surface area contributed by atoms with Crippen molar-refractivity contribution >= 4 is 23.2 Å². The number of nitrogens with zero attached hydrogens (tertiary/aromatic N) is 4. The molecule has 3 rings (SSSR count). The van der Waals surface area contributed by atoms with Crippen molar-refractivity contribution in [1.82, 2.24) is 19.6 Å². The van der Waals surface area contributed by atoms with E-state index in [1.165, 1.54) is 10.7 Å². The minimum absolute atomic E-state index is 0.0541. The van der Waals surface area contributed by atoms with Crippen LogP contribution in [0.2, 0.25) is 5.15 Å². The zero-order chi connectivity index (χ0) is 13.4. The third-order valence-electron chi connectivity index (χ3n) is 2.64. The summed E-state index contributed by atoms with van der Waals surface area (Å²) in [6.07, 6.45) is 4.46. The molecule has 0 aromatic carbocycles. The fourth-order valence-electron chi connectivity index (χ4n) is 1.85. The second-order valence-electron chi connectivity index (χ2n) is 3.80. The first kappa shape index (κ1) is 11.6. The molecule has 0 fully saturated rings. The molecule has 3 aromatic rings. The molecule has 0 spiro atoms. The average Bonchev–Trinajstić information content (AvgIpc) is 2.78. The van der Waals surface area contributed by atoms with Gasteiger partial charge in [0.05, 0.1) is 5.69 Å². The topological polar surface area (TPSA) is 80.4 Å². The second-order valence-corrected chi connectivity index (χ2v) is 4.19. The van der Waals surface area contributed by atoms with Gasteiger partial charge in [-0.15, -0.1) is 0 Å². The SMILES string of the molecule is O=C(O)c1cnc2cc(Cl)nn2c1-c1ccncc1. The first-order valence-electron chi connectivity index (χ1n) is 5.35. The van der Waals surface area contributed by atoms with Gasteiger partial charge in [-0.05, 0) is 12.1 Å². The van der Waals surface area contributed by atoms with Gasteiger partial charge in [0.1, 0.15) is 5.56 Å². The highest BCUT2D eigenvalue weighted by molar-refractivity contribution is 6.29. The van der Waals surface area contributed by atoms with E-state index in [-0.39, 0.29) is 10.7 Å². The number of aromatic carboxylic acids is 1. The Balaban J connectivity index is 2.41. The average molecular weight is 275 g/mol. The van der Waals surface area contributed by atoms with E-state index in [1.54, 1.807) is 30.6 Å². The maximum Gasteiger partial charge on any atom is 0.339 e. The normalized spacial score (nSPS) is 10.8. The van der Waals surface area contributed by atoms with Crippen LogP contribution >= 0.6 is 11.6 Å². The van der Waals surface area contributed by atoms with Gasteiger partial charge in [0.15, 0.2) is 10.8 Å². The van der Waals surface area contributed by atoms with Gasteiger partial charge in [-0.3, -0.25) is 4.98 Å². The summed E-state index contributed by atoms with van der Waals surface area (Å²) in [5.74, 6) is -1.08. The standard InChI is InChI=1S/C12H7ClN4O2/c13-9-5-10-15-6-8(12(18)19)11(17(10)16-9)7-1-3-14-4-2-7/h1-6H,(H,18,19). The van der Waals surface area contributed by atoms with Crippen LogP contribution in [0.3, 0.4) is 0 Å². The summed E-state index contributed by atoms with van der Waals surface area (Å²) in [5.41, 5.74) is 1.65. The molecule has 19 heavy (non-hydrogen) atoms. The van der Waals surface area contributed by atoms with Crippen molar-refractivity contribution in [2.24, 2.45) is 0 Å². The monoisotopic (exact) mass is 274 g/mol. The minimum atomic E-state index is -1.08. The fourth-order valence-corrected chi connectivity index (χ4v) is 2.02. The Labute approximate surface area is 112 Å². The lowest BCUT2D eigenvalue weighted by Gasteiger charge is -2.07. The van der Waals surface area contributed by atoms with Crippen molar-refractivity contribution in [2.45, 2.75) is 0 Å². The molecule has 0 saturated heterocycles. The van der Waals surface area contributed by atoms with Crippen LogP contribution in [0, 0.1) is 0 Å². The van der Waals surface area contributed by atoms with Crippen LogP contribution in [0.25, 0.3) is 16.9 Å². The summed E-state index contributed by atoms with van der Waals surface area (Å²) < 4.78 is 1.42. The van der Waals surface area contributed by atoms with Gasteiger partial charge in [0.2, 0.25) is 0 Å². The van der Waals surface area contributed by atoms with Crippen LogP contribution in [0.4, 0.5) is 0 Å². The molecule has 0 aliphatic rings. The largest absolute Gasteiger partial charge is 0.478 e. The minimum Gasteiger partial charge on any atom is -0.478 e. The lowest BCUT2D eigenvalue weighted by molar-refractivity contribution is 0.0696. The molecule has 6 nitrogen and oxygen atoms in total. The van der Waals surface area contributed by atoms with Crippen LogP contribution in [0.1, 0.15) is 10.4 Å². The Hall–Kier alpha value is -2.47. The number of carboxylic acids is 1. The number of carbonyl (C=O) groups is 1. The van der Waals surface area contributed by atoms with E-state index in [4.69, 9.17) is 11.6 Å². The van der Waals surface area contributed by atoms with Gasteiger partial charge < -0.3 is 5.11 Å². The molecule has 3 heterocycles. The maximum atomic E-state index is 11.3. The third kappa shape index (κ3) is 1.92. The van der Waals surface area contributed by atoms with E-state index in [0.29, 0.717) is 16.9 Å². The van der Waals surface area contributed by atoms with Gasteiger partial charge in [-0.1, -0.05) is 11.6 Å². The van der Waals surface area contributed by atoms with Gasteiger partial charge >= 0.3 is 5.97 Å². The van der Waals surface area contributed by atoms with E-state index in [0.717, 1.165) is 0 Å². The molecule has 7 heteroatoms. The van der Waals surface area contributed by atoms with Crippen molar-refractivity contribution in [3.63, 3.8) is 0 Å². The van der Waals surface area contributed by atoms with Gasteiger partial charge in [-0.2, -0.15) is 5.10 Å². The summed E-state index contributed by atoms with van der Waals surface area (Å²) in [6.45, 7) is 0. The predicted molar refractivity (Wildman–Crippen MR) is 68.2 cm³/mol. The van der Waals surface area contributed by atoms with Gasteiger partial charge in [0, 0.05) is 30.2 Å². The molecule has 0 aliphatic heterocycles. The molecule has 0 amide bonds. The molecular weight excluding hydrogens is 268 g/mol. The highest BCUT2D eigenvalue weighted by Crippen LogP contribution is 2.24. The van der Waals surface area contributed by atoms with Crippen molar-refractivity contribution in [3.05, 3.63) is 47.5 Å². The number of carboxylic acid groups (broad SMARTS) is 1. The van der Waals surface area contributed by atoms with E-state index >= 15 is 0 Å². The van der Waals surface area contributed by atoms with Crippen LogP contribution < -0.4 is 0 Å². The maximum absolute atomic E-state index is 11.3. The summed E-state index contributed by atoms with van der Waals surface area (Å²) >= 11 is 5.84. The molecule has 0 aliphatic carbocycles. The summed E-state index contributed by atoms with van der Waals surface area (Å²) in [7, 11) is 0. The lowest BCUT2D eigenvalue weighted by Crippen LogP contribution is -2.07. The predicted octanol–water partition coefficient (Wildman–Crippen LogP) is 2.14. The molecule has 0 saturated carbocycles. The molecule has 3 aromatic heterocycles. The van der Waals surface area contributed by atoms with E-state index < -0.39 is 5.97 Å². The Morgan fingerprint density at radius 2 is 2.05 bits per heavy atom. The van der Waals surface area contributed by atoms with Crippen LogP contribution in [0.5, 0.6) is 0 Å². The molecule has 0 bridgehead atoms. The molecule has 0 unspecified atom stereocenters. The smallest absolute Gasteiger partial charge is 0.339 e. The Morgan fingerprint density at radius 3 is 2.74 bits per heavy atom. The number of pyridine rings is 1. The van der Waals surface area contributed by atoms with Gasteiger partial charge in [0.25, 0.3) is 0 Å². The highest BCUT2D eigenvalue weighted by Gasteiger charge is 2.17. The Kier molecular flexibility index (Phi) is 2.64. The van der Waals surface area contributed by atoms with Crippen molar-refractivity contribution < 1.29 is 9.90 Å². The Morgan fingerprint density at radius 1 is 1.32 bits per heavy atom. The van der Waals surface area contributed by atoms with Crippen molar-refractivity contribution in [1.29, 1.82) is 0 Å². The Bertz CT molecular complexity index is 770. The first-order valence-corrected chi connectivity index (χ1v) is 5.72. The fraction of sp³-hybridized carbons (Fsp3) is 0. The number of halogens is 1. The summed E-state index contributed by atoms with van der Waals surface area (Å²) in [4.78, 5) is 19.3. The number of hydrogen-bond acceptors (Lipinski definition) is 4. The first-order chi connectivity index (χ1) is 9.16. The molecule has 94 valence electrons. The molecule has 0 radical (unpaired) electrons. The van der Waals surface area contributed by atoms with Crippen molar-refractivity contribution in [2.75, 3.05) is 0 Å². The zero-order valence-electron chi connectivity index (χ0n) is 9.49. The summed E-state index contributed by atoms with van der Waals surface area (Å²) in [5, 5.41) is 13.6. The molecule has 0 atom stereocenters. The molecular formula is C12H7ClN4O2. The number of hydrogen-bond donors (Lipinski definition) is 1. The number of fused-ring (bicyclic) bond motifs is 1. The quantitative estimate of drug-likeness (QED) is 0.774. The van der Waals surface area contributed by atoms with Crippen LogP contribution in [-0.4, -0.2) is 30.7 Å². The lowest BCUT2D eigenvalue weighted by atomic mass is 10.1. The van der Waals surface area contributed by atoms with E-state index in [2.05, 4.69) is 15.1 Å². The van der Waals surface area contributed by atoms with E-state index in [9.17, 15) is 9.90 Å². The zero-order valence-corrected chi connectivity index (χ0v) is 10.2. The van der Waals surface area contributed by atoms with E-state index in [1.807, 2.05) is 0 Å². The van der Waals surface area contributed by atoms with Gasteiger partial charge in [-0.25, -0.2) is 14.3 Å². The number of aromatic nitrogens is 4. The highest BCUT2D eigenvalue weighted by atomic mass is 35.5. The third-order valence-corrected chi connectivity index (χ3v) is 2.82. The second kappa shape index (κ2) is 4.33. The molecule has 1 N–H and O–H groups in total. The van der Waals surface area contributed by atoms with Crippen molar-refractivity contribution in [3.8, 4) is 11.3 Å².